The molecule has 3 aromatic rings. The van der Waals surface area contributed by atoms with E-state index in [1.807, 2.05) is 0 Å². The van der Waals surface area contributed by atoms with Crippen molar-refractivity contribution in [1.29, 1.82) is 0 Å². The molecule has 84 valence electrons. The van der Waals surface area contributed by atoms with E-state index in [0.29, 0.717) is 16.4 Å². The minimum atomic E-state index is -0.605. The molecule has 0 spiro atoms. The lowest BCUT2D eigenvalue weighted by Crippen LogP contribution is -1.99. The summed E-state index contributed by atoms with van der Waals surface area (Å²) in [7, 11) is 0. The molecule has 2 heterocycles. The number of nitrogens with one attached hydrogen (secondary N) is 1. The normalized spacial score (nSPS) is 11.1. The van der Waals surface area contributed by atoms with Gasteiger partial charge in [-0.2, -0.15) is 0 Å². The largest absolute Gasteiger partial charge is 0.421 e. The van der Waals surface area contributed by atoms with Gasteiger partial charge in [0, 0.05) is 5.39 Å². The molecule has 2 aromatic heterocycles. The highest BCUT2D eigenvalue weighted by Gasteiger charge is 2.19. The maximum absolute atomic E-state index is 11.6. The van der Waals surface area contributed by atoms with Gasteiger partial charge in [-0.1, -0.05) is 18.2 Å². The van der Waals surface area contributed by atoms with Gasteiger partial charge in [-0.3, -0.25) is 10.1 Å². The summed E-state index contributed by atoms with van der Waals surface area (Å²) in [5.41, 5.74) is -0.265. The van der Waals surface area contributed by atoms with Gasteiger partial charge in [-0.05, 0) is 6.07 Å². The molecule has 0 fully saturated rings. The molecule has 3 rings (SSSR count). The molecule has 6 nitrogen and oxygen atoms in total. The highest BCUT2D eigenvalue weighted by molar-refractivity contribution is 6.08. The van der Waals surface area contributed by atoms with Crippen molar-refractivity contribution >= 4 is 27.6 Å². The molecule has 0 saturated carbocycles. The van der Waals surface area contributed by atoms with Crippen molar-refractivity contribution in [3.05, 3.63) is 51.0 Å². The molecule has 0 aliphatic carbocycles. The summed E-state index contributed by atoms with van der Waals surface area (Å²) >= 11 is 0. The molecule has 0 atom stereocenters. The summed E-state index contributed by atoms with van der Waals surface area (Å²) < 4.78 is 5.06. The van der Waals surface area contributed by atoms with Gasteiger partial charge in [0.1, 0.15) is 11.1 Å². The van der Waals surface area contributed by atoms with Crippen LogP contribution in [0.3, 0.4) is 0 Å². The van der Waals surface area contributed by atoms with Crippen molar-refractivity contribution in [2.24, 2.45) is 0 Å². The number of aromatic amines is 1. The van der Waals surface area contributed by atoms with E-state index >= 15 is 0 Å². The Hall–Kier alpha value is -2.63. The molecule has 6 heteroatoms. The van der Waals surface area contributed by atoms with Crippen LogP contribution in [0.1, 0.15) is 0 Å². The van der Waals surface area contributed by atoms with Gasteiger partial charge in [-0.15, -0.1) is 0 Å². The zero-order valence-electron chi connectivity index (χ0n) is 8.47. The van der Waals surface area contributed by atoms with E-state index in [0.717, 1.165) is 0 Å². The van der Waals surface area contributed by atoms with Crippen LogP contribution in [0, 0.1) is 10.1 Å². The van der Waals surface area contributed by atoms with E-state index in [1.54, 1.807) is 24.3 Å². The Bertz CT molecular complexity index is 800. The summed E-state index contributed by atoms with van der Waals surface area (Å²) in [5, 5.41) is 11.7. The second kappa shape index (κ2) is 3.18. The third-order valence-electron chi connectivity index (χ3n) is 2.62. The zero-order valence-corrected chi connectivity index (χ0v) is 8.47. The van der Waals surface area contributed by atoms with E-state index in [4.69, 9.17) is 4.42 Å². The van der Waals surface area contributed by atoms with Gasteiger partial charge in [0.05, 0.1) is 16.5 Å². The highest BCUT2D eigenvalue weighted by atomic mass is 16.6. The van der Waals surface area contributed by atoms with Gasteiger partial charge >= 0.3 is 5.63 Å². The number of fused-ring (bicyclic) bond motifs is 3. The van der Waals surface area contributed by atoms with Gasteiger partial charge in [-0.25, -0.2) is 4.79 Å². The molecule has 0 aliphatic rings. The highest BCUT2D eigenvalue weighted by Crippen LogP contribution is 2.30. The molecule has 0 radical (unpaired) electrons. The van der Waals surface area contributed by atoms with Crippen molar-refractivity contribution in [2.75, 3.05) is 0 Å². The first kappa shape index (κ1) is 9.59. The SMILES string of the molecule is O=c1oc2ccccc2c2c([N+](=O)[O-])c[nH]c12. The first-order chi connectivity index (χ1) is 8.18. The fourth-order valence-corrected chi connectivity index (χ4v) is 1.90. The molecule has 0 unspecified atom stereocenters. The number of nitro groups is 1. The Morgan fingerprint density at radius 3 is 2.82 bits per heavy atom. The first-order valence-electron chi connectivity index (χ1n) is 4.86. The van der Waals surface area contributed by atoms with Crippen molar-refractivity contribution in [1.82, 2.24) is 4.98 Å². The fraction of sp³-hybridized carbons (Fsp3) is 0. The number of rotatable bonds is 1. The molecular formula is C11H6N2O4. The van der Waals surface area contributed by atoms with Gasteiger partial charge in [0.25, 0.3) is 5.69 Å². The van der Waals surface area contributed by atoms with Crippen LogP contribution in [0.5, 0.6) is 0 Å². The van der Waals surface area contributed by atoms with Gasteiger partial charge in [0.2, 0.25) is 0 Å². The van der Waals surface area contributed by atoms with Crippen LogP contribution in [-0.2, 0) is 0 Å². The first-order valence-corrected chi connectivity index (χ1v) is 4.86. The predicted octanol–water partition coefficient (Wildman–Crippen LogP) is 2.18. The molecule has 0 bridgehead atoms. The maximum atomic E-state index is 11.6. The predicted molar refractivity (Wildman–Crippen MR) is 61.0 cm³/mol. The van der Waals surface area contributed by atoms with Crippen molar-refractivity contribution in [3.63, 3.8) is 0 Å². The summed E-state index contributed by atoms with van der Waals surface area (Å²) in [6, 6.07) is 6.72. The third-order valence-corrected chi connectivity index (χ3v) is 2.62. The Morgan fingerprint density at radius 2 is 2.06 bits per heavy atom. The second-order valence-electron chi connectivity index (χ2n) is 3.57. The lowest BCUT2D eigenvalue weighted by atomic mass is 10.1. The number of aromatic nitrogens is 1. The third kappa shape index (κ3) is 1.24. The Morgan fingerprint density at radius 1 is 1.29 bits per heavy atom. The molecule has 0 aliphatic heterocycles. The van der Waals surface area contributed by atoms with Crippen molar-refractivity contribution < 1.29 is 9.34 Å². The molecule has 0 saturated heterocycles. The van der Waals surface area contributed by atoms with Crippen molar-refractivity contribution in [2.45, 2.75) is 0 Å². The lowest BCUT2D eigenvalue weighted by Gasteiger charge is -1.97. The summed E-state index contributed by atoms with van der Waals surface area (Å²) in [5.74, 6) is 0. The smallest absolute Gasteiger partial charge is 0.361 e. The number of nitrogens with zero attached hydrogens (tertiary/aromatic N) is 1. The van der Waals surface area contributed by atoms with Crippen LogP contribution in [0.2, 0.25) is 0 Å². The number of hydrogen-bond acceptors (Lipinski definition) is 4. The number of hydrogen-bond donors (Lipinski definition) is 1. The van der Waals surface area contributed by atoms with Crippen LogP contribution in [0.15, 0.2) is 39.7 Å². The number of H-pyrrole nitrogens is 1. The topological polar surface area (TPSA) is 89.1 Å². The Balaban J connectivity index is 2.65. The van der Waals surface area contributed by atoms with Crippen LogP contribution in [0.25, 0.3) is 21.9 Å². The van der Waals surface area contributed by atoms with E-state index in [2.05, 4.69) is 4.98 Å². The van der Waals surface area contributed by atoms with Gasteiger partial charge in [0.15, 0.2) is 0 Å². The number of benzene rings is 1. The molecular weight excluding hydrogens is 224 g/mol. The Kier molecular flexibility index (Phi) is 1.79. The molecule has 17 heavy (non-hydrogen) atoms. The summed E-state index contributed by atoms with van der Waals surface area (Å²) in [6.45, 7) is 0. The number of para-hydroxylation sites is 1. The van der Waals surface area contributed by atoms with Crippen LogP contribution in [0.4, 0.5) is 5.69 Å². The molecule has 0 amide bonds. The monoisotopic (exact) mass is 230 g/mol. The van der Waals surface area contributed by atoms with Crippen LogP contribution < -0.4 is 5.63 Å². The summed E-state index contributed by atoms with van der Waals surface area (Å²) in [6.07, 6.45) is 1.20. The fourth-order valence-electron chi connectivity index (χ4n) is 1.90. The quantitative estimate of drug-likeness (QED) is 0.394. The minimum absolute atomic E-state index is 0.121. The van der Waals surface area contributed by atoms with Gasteiger partial charge < -0.3 is 9.40 Å². The minimum Gasteiger partial charge on any atom is -0.421 e. The average molecular weight is 230 g/mol. The zero-order chi connectivity index (χ0) is 12.0. The molecule has 1 aromatic carbocycles. The lowest BCUT2D eigenvalue weighted by molar-refractivity contribution is -0.383. The Labute approximate surface area is 93.6 Å². The van der Waals surface area contributed by atoms with Crippen LogP contribution in [-0.4, -0.2) is 9.91 Å². The molecule has 1 N–H and O–H groups in total. The van der Waals surface area contributed by atoms with E-state index in [-0.39, 0.29) is 11.2 Å². The van der Waals surface area contributed by atoms with E-state index in [9.17, 15) is 14.9 Å². The average Bonchev–Trinajstić information content (AvgIpc) is 2.74. The van der Waals surface area contributed by atoms with E-state index < -0.39 is 10.5 Å². The van der Waals surface area contributed by atoms with E-state index in [1.165, 1.54) is 6.20 Å². The maximum Gasteiger partial charge on any atom is 0.361 e. The summed E-state index contributed by atoms with van der Waals surface area (Å²) in [4.78, 5) is 24.6. The van der Waals surface area contributed by atoms with Crippen LogP contribution >= 0.6 is 0 Å². The van der Waals surface area contributed by atoms with Crippen molar-refractivity contribution in [3.8, 4) is 0 Å². The standard InChI is InChI=1S/C11H6N2O4/c14-11-10-9(7(5-12-10)13(15)16)6-3-1-2-4-8(6)17-11/h1-5,12H. The second-order valence-corrected chi connectivity index (χ2v) is 3.57.